The summed E-state index contributed by atoms with van der Waals surface area (Å²) in [5.74, 6) is 0. The maximum absolute atomic E-state index is 6.44. The quantitative estimate of drug-likeness (QED) is 0.184. The van der Waals surface area contributed by atoms with E-state index in [9.17, 15) is 0 Å². The van der Waals surface area contributed by atoms with Gasteiger partial charge < -0.3 is 4.42 Å². The molecule has 0 saturated carbocycles. The van der Waals surface area contributed by atoms with Crippen molar-refractivity contribution in [2.24, 2.45) is 0 Å². The Kier molecular flexibility index (Phi) is 7.18. The molecule has 9 aromatic rings. The van der Waals surface area contributed by atoms with Gasteiger partial charge in [0.15, 0.2) is 0 Å². The molecular formula is C47H31NO. The first-order valence-corrected chi connectivity index (χ1v) is 16.6. The summed E-state index contributed by atoms with van der Waals surface area (Å²) >= 11 is 0. The molecule has 0 N–H and O–H groups in total. The van der Waals surface area contributed by atoms with Gasteiger partial charge in [-0.05, 0) is 74.8 Å². The van der Waals surface area contributed by atoms with Gasteiger partial charge in [0, 0.05) is 21.9 Å². The Morgan fingerprint density at radius 1 is 0.306 bits per heavy atom. The van der Waals surface area contributed by atoms with Gasteiger partial charge in [0.1, 0.15) is 11.2 Å². The van der Waals surface area contributed by atoms with E-state index >= 15 is 0 Å². The molecule has 0 atom stereocenters. The van der Waals surface area contributed by atoms with Crippen LogP contribution in [-0.4, -0.2) is 4.98 Å². The topological polar surface area (TPSA) is 26.0 Å². The molecule has 0 saturated heterocycles. The average Bonchev–Trinajstić information content (AvgIpc) is 3.57. The number of rotatable bonds is 6. The van der Waals surface area contributed by atoms with Crippen molar-refractivity contribution in [3.8, 4) is 67.0 Å². The molecule has 230 valence electrons. The summed E-state index contributed by atoms with van der Waals surface area (Å²) in [5.41, 5.74) is 15.2. The van der Waals surface area contributed by atoms with Crippen LogP contribution in [0.3, 0.4) is 0 Å². The van der Waals surface area contributed by atoms with E-state index in [0.717, 1.165) is 66.7 Å². The number of nitrogens with zero attached hydrogens (tertiary/aromatic N) is 1. The maximum Gasteiger partial charge on any atom is 0.136 e. The molecule has 7 aromatic carbocycles. The van der Waals surface area contributed by atoms with Crippen LogP contribution < -0.4 is 0 Å². The highest BCUT2D eigenvalue weighted by Crippen LogP contribution is 2.40. The van der Waals surface area contributed by atoms with E-state index in [2.05, 4.69) is 182 Å². The lowest BCUT2D eigenvalue weighted by atomic mass is 9.93. The van der Waals surface area contributed by atoms with Crippen LogP contribution in [0.2, 0.25) is 0 Å². The van der Waals surface area contributed by atoms with Crippen molar-refractivity contribution >= 4 is 21.9 Å². The summed E-state index contributed by atoms with van der Waals surface area (Å²) in [5, 5.41) is 2.15. The first-order valence-electron chi connectivity index (χ1n) is 16.6. The van der Waals surface area contributed by atoms with Gasteiger partial charge in [-0.15, -0.1) is 0 Å². The van der Waals surface area contributed by atoms with Crippen LogP contribution in [0.4, 0.5) is 0 Å². The van der Waals surface area contributed by atoms with Gasteiger partial charge in [-0.25, -0.2) is 4.98 Å². The fraction of sp³-hybridized carbons (Fsp3) is 0. The SMILES string of the molecule is c1ccc(-c2cc(-c3ccccc3)nc(-c3cccc4oc5ccc(-c6ccc(-c7ccccc7-c7ccccc7)cc6)cc5c34)c2)cc1. The number of hydrogen-bond acceptors (Lipinski definition) is 2. The Balaban J connectivity index is 1.15. The summed E-state index contributed by atoms with van der Waals surface area (Å²) in [4.78, 5) is 5.24. The monoisotopic (exact) mass is 625 g/mol. The van der Waals surface area contributed by atoms with Crippen LogP contribution in [0.25, 0.3) is 89.0 Å². The largest absolute Gasteiger partial charge is 0.456 e. The number of furan rings is 1. The second kappa shape index (κ2) is 12.3. The fourth-order valence-corrected chi connectivity index (χ4v) is 6.89. The third-order valence-electron chi connectivity index (χ3n) is 9.31. The minimum Gasteiger partial charge on any atom is -0.456 e. The van der Waals surface area contributed by atoms with Crippen molar-refractivity contribution in [1.82, 2.24) is 4.98 Å². The average molecular weight is 626 g/mol. The van der Waals surface area contributed by atoms with Crippen molar-refractivity contribution in [3.63, 3.8) is 0 Å². The van der Waals surface area contributed by atoms with E-state index < -0.39 is 0 Å². The number of aromatic nitrogens is 1. The smallest absolute Gasteiger partial charge is 0.136 e. The molecule has 0 radical (unpaired) electrons. The predicted octanol–water partition coefficient (Wildman–Crippen LogP) is 13.0. The molecule has 9 rings (SSSR count). The van der Waals surface area contributed by atoms with E-state index in [-0.39, 0.29) is 0 Å². The van der Waals surface area contributed by atoms with Gasteiger partial charge in [0.2, 0.25) is 0 Å². The van der Waals surface area contributed by atoms with Gasteiger partial charge in [-0.1, -0.05) is 158 Å². The molecular weight excluding hydrogens is 595 g/mol. The standard InChI is InChI=1S/C47H31NO/c1-4-13-32(14-5-1)38-30-43(36-17-8-3-9-18-36)48-44(31-38)41-21-12-22-46-47(41)42-29-37(27-28-45(42)49-46)33-23-25-35(26-24-33)40-20-11-10-19-39(40)34-15-6-2-7-16-34/h1-31H. The van der Waals surface area contributed by atoms with Crippen LogP contribution in [-0.2, 0) is 0 Å². The lowest BCUT2D eigenvalue weighted by molar-refractivity contribution is 0.669. The lowest BCUT2D eigenvalue weighted by Crippen LogP contribution is -1.91. The fourth-order valence-electron chi connectivity index (χ4n) is 6.89. The van der Waals surface area contributed by atoms with Gasteiger partial charge in [0.25, 0.3) is 0 Å². The van der Waals surface area contributed by atoms with E-state index in [1.54, 1.807) is 0 Å². The summed E-state index contributed by atoms with van der Waals surface area (Å²) in [6.45, 7) is 0. The number of pyridine rings is 1. The van der Waals surface area contributed by atoms with Crippen LogP contribution in [0.1, 0.15) is 0 Å². The minimum absolute atomic E-state index is 0.852. The number of fused-ring (bicyclic) bond motifs is 3. The van der Waals surface area contributed by atoms with Crippen molar-refractivity contribution in [2.45, 2.75) is 0 Å². The van der Waals surface area contributed by atoms with E-state index in [0.29, 0.717) is 0 Å². The second-order valence-electron chi connectivity index (χ2n) is 12.3. The Morgan fingerprint density at radius 2 is 0.816 bits per heavy atom. The number of benzene rings is 7. The zero-order valence-electron chi connectivity index (χ0n) is 26.8. The molecule has 2 nitrogen and oxygen atoms in total. The Morgan fingerprint density at radius 3 is 1.51 bits per heavy atom. The van der Waals surface area contributed by atoms with Crippen LogP contribution in [0.5, 0.6) is 0 Å². The molecule has 0 spiro atoms. The molecule has 0 fully saturated rings. The highest BCUT2D eigenvalue weighted by Gasteiger charge is 2.17. The zero-order valence-corrected chi connectivity index (χ0v) is 26.8. The van der Waals surface area contributed by atoms with Crippen LogP contribution >= 0.6 is 0 Å². The van der Waals surface area contributed by atoms with Crippen molar-refractivity contribution < 1.29 is 4.42 Å². The van der Waals surface area contributed by atoms with E-state index in [1.165, 1.54) is 22.3 Å². The molecule has 0 unspecified atom stereocenters. The van der Waals surface area contributed by atoms with Crippen molar-refractivity contribution in [1.29, 1.82) is 0 Å². The molecule has 49 heavy (non-hydrogen) atoms. The molecule has 0 bridgehead atoms. The second-order valence-corrected chi connectivity index (χ2v) is 12.3. The van der Waals surface area contributed by atoms with Gasteiger partial charge in [-0.3, -0.25) is 0 Å². The predicted molar refractivity (Wildman–Crippen MR) is 204 cm³/mol. The van der Waals surface area contributed by atoms with Gasteiger partial charge >= 0.3 is 0 Å². The Bertz CT molecular complexity index is 2510. The first-order chi connectivity index (χ1) is 24.3. The van der Waals surface area contributed by atoms with Crippen LogP contribution in [0, 0.1) is 0 Å². The van der Waals surface area contributed by atoms with Crippen molar-refractivity contribution in [3.05, 3.63) is 188 Å². The van der Waals surface area contributed by atoms with Crippen molar-refractivity contribution in [2.75, 3.05) is 0 Å². The highest BCUT2D eigenvalue weighted by molar-refractivity contribution is 6.13. The first kappa shape index (κ1) is 28.7. The molecule has 2 heteroatoms. The summed E-state index contributed by atoms with van der Waals surface area (Å²) < 4.78 is 6.44. The molecule has 2 aromatic heterocycles. The summed E-state index contributed by atoms with van der Waals surface area (Å²) in [7, 11) is 0. The lowest BCUT2D eigenvalue weighted by Gasteiger charge is -2.12. The molecule has 0 aliphatic heterocycles. The molecule has 0 aliphatic carbocycles. The van der Waals surface area contributed by atoms with Gasteiger partial charge in [-0.2, -0.15) is 0 Å². The van der Waals surface area contributed by atoms with Gasteiger partial charge in [0.05, 0.1) is 11.4 Å². The third-order valence-corrected chi connectivity index (χ3v) is 9.31. The maximum atomic E-state index is 6.44. The Labute approximate surface area is 285 Å². The molecule has 0 aliphatic rings. The summed E-state index contributed by atoms with van der Waals surface area (Å²) in [6, 6.07) is 66.2. The van der Waals surface area contributed by atoms with E-state index in [4.69, 9.17) is 9.40 Å². The highest BCUT2D eigenvalue weighted by atomic mass is 16.3. The zero-order chi connectivity index (χ0) is 32.6. The number of hydrogen-bond donors (Lipinski definition) is 0. The normalized spacial score (nSPS) is 11.3. The molecule has 2 heterocycles. The summed E-state index contributed by atoms with van der Waals surface area (Å²) in [6.07, 6.45) is 0. The van der Waals surface area contributed by atoms with E-state index in [1.807, 2.05) is 6.07 Å². The third kappa shape index (κ3) is 5.40. The van der Waals surface area contributed by atoms with Crippen LogP contribution in [0.15, 0.2) is 192 Å². The minimum atomic E-state index is 0.852. The Hall–Kier alpha value is -6.51. The molecule has 0 amide bonds.